The van der Waals surface area contributed by atoms with Gasteiger partial charge in [-0.05, 0) is 37.5 Å². The molecular formula is C23H25N3O4. The summed E-state index contributed by atoms with van der Waals surface area (Å²) in [6, 6.07) is 13.3. The largest absolute Gasteiger partial charge is 0.497 e. The van der Waals surface area contributed by atoms with E-state index in [1.54, 1.807) is 20.3 Å². The predicted molar refractivity (Wildman–Crippen MR) is 111 cm³/mol. The van der Waals surface area contributed by atoms with Crippen molar-refractivity contribution in [1.29, 1.82) is 0 Å². The lowest BCUT2D eigenvalue weighted by atomic mass is 10.1. The van der Waals surface area contributed by atoms with Gasteiger partial charge < -0.3 is 18.9 Å². The lowest BCUT2D eigenvalue weighted by Gasteiger charge is -2.22. The number of nitrogens with zero attached hydrogens (tertiary/aromatic N) is 3. The fourth-order valence-corrected chi connectivity index (χ4v) is 3.76. The van der Waals surface area contributed by atoms with Gasteiger partial charge in [0.2, 0.25) is 17.6 Å². The van der Waals surface area contributed by atoms with E-state index in [9.17, 15) is 4.79 Å². The van der Waals surface area contributed by atoms with Gasteiger partial charge in [-0.15, -0.1) is 0 Å². The molecule has 7 heteroatoms. The Morgan fingerprint density at radius 1 is 1.13 bits per heavy atom. The maximum atomic E-state index is 13.1. The molecular weight excluding hydrogens is 382 g/mol. The van der Waals surface area contributed by atoms with Crippen LogP contribution >= 0.6 is 0 Å². The van der Waals surface area contributed by atoms with E-state index in [0.29, 0.717) is 29.8 Å². The van der Waals surface area contributed by atoms with Crippen LogP contribution in [0.3, 0.4) is 0 Å². The number of hydrogen-bond donors (Lipinski definition) is 0. The molecule has 0 radical (unpaired) electrons. The molecule has 1 fully saturated rings. The molecule has 156 valence electrons. The molecule has 1 amide bonds. The van der Waals surface area contributed by atoms with Crippen molar-refractivity contribution in [2.75, 3.05) is 20.8 Å². The number of aromatic nitrogens is 2. The van der Waals surface area contributed by atoms with Crippen LogP contribution in [0, 0.1) is 6.92 Å². The van der Waals surface area contributed by atoms with Crippen LogP contribution in [-0.2, 0) is 11.2 Å². The fraction of sp³-hybridized carbons (Fsp3) is 0.348. The molecule has 4 rings (SSSR count). The Labute approximate surface area is 175 Å². The quantitative estimate of drug-likeness (QED) is 0.615. The third-order valence-electron chi connectivity index (χ3n) is 5.38. The first-order valence-electron chi connectivity index (χ1n) is 9.99. The molecule has 1 aromatic heterocycles. The molecule has 2 heterocycles. The van der Waals surface area contributed by atoms with E-state index < -0.39 is 0 Å². The van der Waals surface area contributed by atoms with Gasteiger partial charge in [-0.25, -0.2) is 0 Å². The molecule has 1 aliphatic heterocycles. The number of ether oxygens (including phenoxy) is 2. The number of benzene rings is 2. The highest BCUT2D eigenvalue weighted by Crippen LogP contribution is 2.33. The lowest BCUT2D eigenvalue weighted by molar-refractivity contribution is -0.131. The van der Waals surface area contributed by atoms with E-state index in [1.165, 1.54) is 5.56 Å². The van der Waals surface area contributed by atoms with E-state index in [2.05, 4.69) is 10.1 Å². The van der Waals surface area contributed by atoms with Crippen LogP contribution in [0.15, 0.2) is 47.0 Å². The van der Waals surface area contributed by atoms with E-state index in [0.717, 1.165) is 24.0 Å². The zero-order chi connectivity index (χ0) is 21.1. The maximum Gasteiger partial charge on any atom is 0.249 e. The number of carbonyl (C=O) groups excluding carboxylic acids is 1. The Balaban J connectivity index is 1.51. The second kappa shape index (κ2) is 8.57. The summed E-state index contributed by atoms with van der Waals surface area (Å²) in [7, 11) is 3.19. The molecule has 1 aliphatic rings. The molecule has 1 unspecified atom stereocenters. The summed E-state index contributed by atoms with van der Waals surface area (Å²) < 4.78 is 16.2. The molecule has 0 aliphatic carbocycles. The Morgan fingerprint density at radius 2 is 1.83 bits per heavy atom. The van der Waals surface area contributed by atoms with E-state index in [1.807, 2.05) is 48.2 Å². The molecule has 0 bridgehead atoms. The molecule has 1 saturated heterocycles. The van der Waals surface area contributed by atoms with Crippen molar-refractivity contribution in [1.82, 2.24) is 15.0 Å². The third-order valence-corrected chi connectivity index (χ3v) is 5.38. The van der Waals surface area contributed by atoms with Gasteiger partial charge in [0.05, 0.1) is 20.6 Å². The summed E-state index contributed by atoms with van der Waals surface area (Å²) in [5, 5.41) is 4.13. The lowest BCUT2D eigenvalue weighted by Crippen LogP contribution is -2.32. The highest BCUT2D eigenvalue weighted by Gasteiger charge is 2.34. The number of aryl methyl sites for hydroxylation is 1. The Hall–Kier alpha value is -3.35. The Morgan fingerprint density at radius 3 is 2.50 bits per heavy atom. The average molecular weight is 407 g/mol. The van der Waals surface area contributed by atoms with Crippen molar-refractivity contribution >= 4 is 5.91 Å². The van der Waals surface area contributed by atoms with Crippen molar-refractivity contribution in [3.05, 3.63) is 59.5 Å². The number of likely N-dealkylation sites (tertiary alicyclic amines) is 1. The molecule has 0 saturated carbocycles. The minimum atomic E-state index is -0.197. The van der Waals surface area contributed by atoms with Gasteiger partial charge in [0.15, 0.2) is 0 Å². The molecule has 0 N–H and O–H groups in total. The zero-order valence-corrected chi connectivity index (χ0v) is 17.4. The fourth-order valence-electron chi connectivity index (χ4n) is 3.76. The number of carbonyl (C=O) groups is 1. The van der Waals surface area contributed by atoms with Gasteiger partial charge >= 0.3 is 0 Å². The summed E-state index contributed by atoms with van der Waals surface area (Å²) in [6.07, 6.45) is 1.96. The third kappa shape index (κ3) is 4.15. The van der Waals surface area contributed by atoms with Crippen LogP contribution in [0.5, 0.6) is 11.5 Å². The number of rotatable bonds is 6. The summed E-state index contributed by atoms with van der Waals surface area (Å²) in [6.45, 7) is 2.71. The van der Waals surface area contributed by atoms with Gasteiger partial charge in [-0.2, -0.15) is 4.98 Å². The van der Waals surface area contributed by atoms with Crippen molar-refractivity contribution < 1.29 is 18.8 Å². The first kappa shape index (κ1) is 19.9. The summed E-state index contributed by atoms with van der Waals surface area (Å²) in [4.78, 5) is 19.5. The van der Waals surface area contributed by atoms with Crippen LogP contribution < -0.4 is 9.47 Å². The Bertz CT molecular complexity index is 1010. The standard InChI is InChI=1S/C23H25N3O4/c1-15-6-8-17(9-7-15)22-24-23(30-25-22)20-5-4-10-26(20)21(27)13-16-11-18(28-2)14-19(12-16)29-3/h6-9,11-12,14,20H,4-5,10,13H2,1-3H3. The monoisotopic (exact) mass is 407 g/mol. The topological polar surface area (TPSA) is 77.7 Å². The summed E-state index contributed by atoms with van der Waals surface area (Å²) in [5.41, 5.74) is 2.91. The van der Waals surface area contributed by atoms with Gasteiger partial charge in [-0.1, -0.05) is 35.0 Å². The highest BCUT2D eigenvalue weighted by atomic mass is 16.5. The SMILES string of the molecule is COc1cc(CC(=O)N2CCCC2c2nc(-c3ccc(C)cc3)no2)cc(OC)c1. The molecule has 2 aromatic carbocycles. The molecule has 1 atom stereocenters. The van der Waals surface area contributed by atoms with Crippen LogP contribution in [0.2, 0.25) is 0 Å². The minimum absolute atomic E-state index is 0.0166. The predicted octanol–water partition coefficient (Wildman–Crippen LogP) is 3.97. The van der Waals surface area contributed by atoms with Crippen LogP contribution in [-0.4, -0.2) is 41.7 Å². The van der Waals surface area contributed by atoms with Gasteiger partial charge in [0.25, 0.3) is 0 Å². The second-order valence-corrected chi connectivity index (χ2v) is 7.47. The highest BCUT2D eigenvalue weighted by molar-refractivity contribution is 5.79. The second-order valence-electron chi connectivity index (χ2n) is 7.47. The minimum Gasteiger partial charge on any atom is -0.497 e. The van der Waals surface area contributed by atoms with E-state index >= 15 is 0 Å². The average Bonchev–Trinajstić information content (AvgIpc) is 3.43. The maximum absolute atomic E-state index is 13.1. The van der Waals surface area contributed by atoms with Crippen LogP contribution in [0.25, 0.3) is 11.4 Å². The summed E-state index contributed by atoms with van der Waals surface area (Å²) >= 11 is 0. The molecule has 30 heavy (non-hydrogen) atoms. The van der Waals surface area contributed by atoms with Crippen molar-refractivity contribution in [2.45, 2.75) is 32.2 Å². The van der Waals surface area contributed by atoms with Crippen LogP contribution in [0.1, 0.15) is 35.9 Å². The van der Waals surface area contributed by atoms with Gasteiger partial charge in [0.1, 0.15) is 17.5 Å². The molecule has 3 aromatic rings. The van der Waals surface area contributed by atoms with E-state index in [4.69, 9.17) is 14.0 Å². The van der Waals surface area contributed by atoms with Gasteiger partial charge in [-0.3, -0.25) is 4.79 Å². The first-order chi connectivity index (χ1) is 14.6. The molecule has 0 spiro atoms. The number of amides is 1. The van der Waals surface area contributed by atoms with Crippen molar-refractivity contribution in [2.24, 2.45) is 0 Å². The van der Waals surface area contributed by atoms with Gasteiger partial charge in [0, 0.05) is 18.2 Å². The zero-order valence-electron chi connectivity index (χ0n) is 17.4. The smallest absolute Gasteiger partial charge is 0.249 e. The van der Waals surface area contributed by atoms with Crippen LogP contribution in [0.4, 0.5) is 0 Å². The van der Waals surface area contributed by atoms with E-state index in [-0.39, 0.29) is 18.4 Å². The van der Waals surface area contributed by atoms with Crippen molar-refractivity contribution in [3.63, 3.8) is 0 Å². The van der Waals surface area contributed by atoms with Crippen molar-refractivity contribution in [3.8, 4) is 22.9 Å². The normalized spacial score (nSPS) is 16.0. The molecule has 7 nitrogen and oxygen atoms in total. The number of hydrogen-bond acceptors (Lipinski definition) is 6. The first-order valence-corrected chi connectivity index (χ1v) is 9.99. The number of methoxy groups -OCH3 is 2. The summed E-state index contributed by atoms with van der Waals surface area (Å²) in [5.74, 6) is 2.37. The Kier molecular flexibility index (Phi) is 5.70.